The lowest BCUT2D eigenvalue weighted by molar-refractivity contribution is -0.121. The van der Waals surface area contributed by atoms with Crippen LogP contribution in [0.5, 0.6) is 0 Å². The van der Waals surface area contributed by atoms with Crippen LogP contribution in [-0.4, -0.2) is 55.9 Å². The molecule has 1 fully saturated rings. The maximum Gasteiger partial charge on any atom is 0.222 e. The van der Waals surface area contributed by atoms with Crippen LogP contribution in [0.25, 0.3) is 0 Å². The van der Waals surface area contributed by atoms with Crippen LogP contribution in [0.4, 0.5) is 15.8 Å². The van der Waals surface area contributed by atoms with E-state index in [2.05, 4.69) is 71.5 Å². The van der Waals surface area contributed by atoms with Crippen molar-refractivity contribution in [2.45, 2.75) is 76.3 Å². The summed E-state index contributed by atoms with van der Waals surface area (Å²) in [7, 11) is 6.36. The van der Waals surface area contributed by atoms with E-state index in [0.29, 0.717) is 12.5 Å². The fourth-order valence-corrected chi connectivity index (χ4v) is 6.52. The van der Waals surface area contributed by atoms with E-state index >= 15 is 0 Å². The number of aliphatic imine (C=N–C) groups is 1. The zero-order valence-electron chi connectivity index (χ0n) is 26.6. The third-order valence-electron chi connectivity index (χ3n) is 9.01. The van der Waals surface area contributed by atoms with Gasteiger partial charge in [0.05, 0.1) is 18.2 Å². The normalized spacial score (nSPS) is 16.9. The summed E-state index contributed by atoms with van der Waals surface area (Å²) in [5.41, 5.74) is 5.29. The Morgan fingerprint density at radius 2 is 1.59 bits per heavy atom. The van der Waals surface area contributed by atoms with Gasteiger partial charge < -0.3 is 20.0 Å². The number of nitrogens with one attached hydrogen (secondary N) is 1. The average Bonchev–Trinajstić information content (AvgIpc) is 3.04. The number of anilines is 1. The van der Waals surface area contributed by atoms with E-state index in [9.17, 15) is 9.18 Å². The molecular weight excluding hydrogens is 549 g/mol. The number of halogens is 1. The molecule has 44 heavy (non-hydrogen) atoms. The smallest absolute Gasteiger partial charge is 0.222 e. The Labute approximate surface area is 263 Å². The van der Waals surface area contributed by atoms with E-state index in [0.717, 1.165) is 54.4 Å². The second-order valence-corrected chi connectivity index (χ2v) is 12.7. The molecule has 7 heteroatoms. The number of rotatable bonds is 12. The van der Waals surface area contributed by atoms with Crippen molar-refractivity contribution >= 4 is 23.2 Å². The van der Waals surface area contributed by atoms with Gasteiger partial charge >= 0.3 is 0 Å². The minimum Gasteiger partial charge on any atom is -0.352 e. The fourth-order valence-electron chi connectivity index (χ4n) is 6.52. The molecule has 0 aromatic heterocycles. The molecule has 3 aromatic rings. The molecule has 1 saturated carbocycles. The van der Waals surface area contributed by atoms with Gasteiger partial charge in [-0.05, 0) is 93.7 Å². The lowest BCUT2D eigenvalue weighted by Crippen LogP contribution is -2.47. The second kappa shape index (κ2) is 15.3. The van der Waals surface area contributed by atoms with Gasteiger partial charge in [0.15, 0.2) is 0 Å². The van der Waals surface area contributed by atoms with Gasteiger partial charge in [-0.3, -0.25) is 4.79 Å². The maximum absolute atomic E-state index is 13.5. The van der Waals surface area contributed by atoms with Crippen molar-refractivity contribution < 1.29 is 9.18 Å². The maximum atomic E-state index is 13.5. The zero-order valence-corrected chi connectivity index (χ0v) is 26.6. The van der Waals surface area contributed by atoms with Crippen LogP contribution in [0.3, 0.4) is 0 Å². The molecule has 0 bridgehead atoms. The van der Waals surface area contributed by atoms with Crippen molar-refractivity contribution in [1.29, 1.82) is 0 Å². The van der Waals surface area contributed by atoms with E-state index in [-0.39, 0.29) is 24.2 Å². The number of unbranched alkanes of at least 4 members (excludes halogenated alkanes) is 2. The summed E-state index contributed by atoms with van der Waals surface area (Å²) in [5.74, 6) is 1.17. The summed E-state index contributed by atoms with van der Waals surface area (Å²) in [6, 6.07) is 23.3. The van der Waals surface area contributed by atoms with Gasteiger partial charge in [0, 0.05) is 31.4 Å². The molecule has 1 N–H and O–H groups in total. The molecule has 1 heterocycles. The molecule has 3 aromatic carbocycles. The molecule has 1 aliphatic carbocycles. The molecule has 5 rings (SSSR count). The lowest BCUT2D eigenvalue weighted by Gasteiger charge is -2.41. The van der Waals surface area contributed by atoms with Crippen LogP contribution in [0.2, 0.25) is 0 Å². The topological polar surface area (TPSA) is 51.2 Å². The number of fused-ring (bicyclic) bond motifs is 1. The standard InChI is InChI=1S/C37H48FN5O/c1-41(2)24-10-5-11-25-42(3)37-40-34-15-9-8-14-33(34)35(26-36(44)39-27-28-16-20-31(38)21-17-28)43(37)32-22-18-30(19-23-32)29-12-6-4-7-13-29/h8-9,14-23,29,35H,4-7,10-13,24-27H2,1-3H3,(H,39,44). The summed E-state index contributed by atoms with van der Waals surface area (Å²) in [4.78, 5) is 25.5. The Morgan fingerprint density at radius 1 is 0.886 bits per heavy atom. The van der Waals surface area contributed by atoms with Crippen LogP contribution in [-0.2, 0) is 11.3 Å². The number of carbonyl (C=O) groups excluding carboxylic acids is 1. The SMILES string of the molecule is CN(C)CCCCCN(C)C1=Nc2ccccc2C(CC(=O)NCc2ccc(F)cc2)N1c1ccc(C2CCCCC2)cc1. The van der Waals surface area contributed by atoms with Crippen molar-refractivity contribution in [3.63, 3.8) is 0 Å². The fraction of sp³-hybridized carbons (Fsp3) is 0.459. The summed E-state index contributed by atoms with van der Waals surface area (Å²) < 4.78 is 13.4. The Bertz CT molecular complexity index is 1380. The predicted molar refractivity (Wildman–Crippen MR) is 179 cm³/mol. The molecule has 0 saturated heterocycles. The molecule has 1 unspecified atom stereocenters. The van der Waals surface area contributed by atoms with Crippen molar-refractivity contribution in [3.05, 3.63) is 95.3 Å². The first-order valence-electron chi connectivity index (χ1n) is 16.3. The molecular formula is C37H48FN5O. The van der Waals surface area contributed by atoms with Crippen LogP contribution < -0.4 is 10.2 Å². The van der Waals surface area contributed by atoms with Gasteiger partial charge in [-0.15, -0.1) is 0 Å². The third kappa shape index (κ3) is 8.26. The second-order valence-electron chi connectivity index (χ2n) is 12.7. The van der Waals surface area contributed by atoms with Crippen molar-refractivity contribution in [2.75, 3.05) is 39.1 Å². The van der Waals surface area contributed by atoms with Crippen molar-refractivity contribution in [1.82, 2.24) is 15.1 Å². The highest BCUT2D eigenvalue weighted by atomic mass is 19.1. The van der Waals surface area contributed by atoms with Gasteiger partial charge in [0.2, 0.25) is 11.9 Å². The molecule has 1 aliphatic heterocycles. The highest BCUT2D eigenvalue weighted by Crippen LogP contribution is 2.41. The predicted octanol–water partition coefficient (Wildman–Crippen LogP) is 7.79. The summed E-state index contributed by atoms with van der Waals surface area (Å²) >= 11 is 0. The molecule has 234 valence electrons. The molecule has 0 spiro atoms. The van der Waals surface area contributed by atoms with Crippen LogP contribution in [0.15, 0.2) is 77.8 Å². The number of nitrogens with zero attached hydrogens (tertiary/aromatic N) is 4. The van der Waals surface area contributed by atoms with E-state index < -0.39 is 0 Å². The summed E-state index contributed by atoms with van der Waals surface area (Å²) in [6.45, 7) is 2.33. The number of hydrogen-bond acceptors (Lipinski definition) is 5. The van der Waals surface area contributed by atoms with Crippen LogP contribution in [0.1, 0.15) is 86.4 Å². The Balaban J connectivity index is 1.41. The third-order valence-corrected chi connectivity index (χ3v) is 9.01. The first kappa shape index (κ1) is 31.7. The number of carbonyl (C=O) groups is 1. The van der Waals surface area contributed by atoms with Gasteiger partial charge in [0.25, 0.3) is 0 Å². The number of hydrogen-bond donors (Lipinski definition) is 1. The van der Waals surface area contributed by atoms with E-state index in [1.807, 2.05) is 18.2 Å². The van der Waals surface area contributed by atoms with E-state index in [4.69, 9.17) is 4.99 Å². The summed E-state index contributed by atoms with van der Waals surface area (Å²) in [5, 5.41) is 3.08. The first-order chi connectivity index (χ1) is 21.4. The van der Waals surface area contributed by atoms with Gasteiger partial charge in [-0.2, -0.15) is 0 Å². The largest absolute Gasteiger partial charge is 0.352 e. The van der Waals surface area contributed by atoms with Gasteiger partial charge in [0.1, 0.15) is 5.82 Å². The number of benzene rings is 3. The van der Waals surface area contributed by atoms with Gasteiger partial charge in [-0.1, -0.05) is 68.1 Å². The van der Waals surface area contributed by atoms with Crippen molar-refractivity contribution in [2.24, 2.45) is 4.99 Å². The number of para-hydroxylation sites is 1. The Morgan fingerprint density at radius 3 is 2.32 bits per heavy atom. The summed E-state index contributed by atoms with van der Waals surface area (Å²) in [6.07, 6.45) is 10.1. The quantitative estimate of drug-likeness (QED) is 0.217. The minimum absolute atomic E-state index is 0.0504. The monoisotopic (exact) mass is 597 g/mol. The van der Waals surface area contributed by atoms with E-state index in [1.54, 1.807) is 12.1 Å². The lowest BCUT2D eigenvalue weighted by atomic mass is 9.84. The minimum atomic E-state index is -0.280. The highest BCUT2D eigenvalue weighted by molar-refractivity contribution is 6.01. The molecule has 1 atom stereocenters. The Hall–Kier alpha value is -3.71. The highest BCUT2D eigenvalue weighted by Gasteiger charge is 2.34. The average molecular weight is 598 g/mol. The van der Waals surface area contributed by atoms with Crippen LogP contribution in [0, 0.1) is 5.82 Å². The number of guanidine groups is 1. The first-order valence-corrected chi connectivity index (χ1v) is 16.3. The molecule has 1 amide bonds. The van der Waals surface area contributed by atoms with E-state index in [1.165, 1.54) is 56.2 Å². The van der Waals surface area contributed by atoms with Gasteiger partial charge in [-0.25, -0.2) is 9.38 Å². The molecule has 2 aliphatic rings. The number of amides is 1. The van der Waals surface area contributed by atoms with Crippen LogP contribution >= 0.6 is 0 Å². The zero-order chi connectivity index (χ0) is 30.9. The molecule has 0 radical (unpaired) electrons. The van der Waals surface area contributed by atoms with Crippen molar-refractivity contribution in [3.8, 4) is 0 Å². The Kier molecular flexibility index (Phi) is 11.1. The molecule has 6 nitrogen and oxygen atoms in total.